The van der Waals surface area contributed by atoms with E-state index < -0.39 is 29.8 Å². The second-order valence-electron chi connectivity index (χ2n) is 7.49. The van der Waals surface area contributed by atoms with Crippen LogP contribution in [-0.2, 0) is 11.3 Å². The molecule has 0 saturated carbocycles. The van der Waals surface area contributed by atoms with Crippen LogP contribution in [0.4, 0.5) is 4.39 Å². The second-order valence-corrected chi connectivity index (χ2v) is 7.49. The average molecular weight is 494 g/mol. The van der Waals surface area contributed by atoms with Gasteiger partial charge in [-0.2, -0.15) is 0 Å². The molecule has 4 N–H and O–H groups in total. The number of carbonyl (C=O) groups is 1. The van der Waals surface area contributed by atoms with Crippen molar-refractivity contribution in [2.75, 3.05) is 26.9 Å². The van der Waals surface area contributed by atoms with Gasteiger partial charge in [0, 0.05) is 24.8 Å². The van der Waals surface area contributed by atoms with Crippen LogP contribution in [0.15, 0.2) is 47.4 Å². The highest BCUT2D eigenvalue weighted by Crippen LogP contribution is 2.29. The predicted molar refractivity (Wildman–Crippen MR) is 131 cm³/mol. The fraction of sp³-hybridized carbons (Fsp3) is 0.333. The molecular weight excluding hydrogens is 465 g/mol. The quantitative estimate of drug-likeness (QED) is 0.399. The van der Waals surface area contributed by atoms with Gasteiger partial charge in [0.05, 0.1) is 31.2 Å². The van der Waals surface area contributed by atoms with Crippen molar-refractivity contribution in [1.82, 2.24) is 9.88 Å². The summed E-state index contributed by atoms with van der Waals surface area (Å²) in [6, 6.07) is 8.57. The Bertz CT molecular complexity index is 1180. The number of nitrogens with zero attached hydrogens (tertiary/aromatic N) is 1. The Hall–Kier alpha value is -3.14. The third-order valence-corrected chi connectivity index (χ3v) is 5.18. The standard InChI is InChI=1S/C24H28FN3O5.ClH/c1-3-12-33-20-9-8-18(25)21-22(20)28(11-10-27-24(31)19(26)14-29)13-17(23(21)30)15-4-6-16(32-2)7-5-15;/h4-9,13,19,29H,3,10-12,14,26H2,1-2H3,(H,27,31);1H. The minimum atomic E-state index is -1.04. The van der Waals surface area contributed by atoms with Crippen LogP contribution in [0.5, 0.6) is 11.5 Å². The van der Waals surface area contributed by atoms with E-state index in [1.807, 2.05) is 6.92 Å². The monoisotopic (exact) mass is 493 g/mol. The van der Waals surface area contributed by atoms with E-state index >= 15 is 0 Å². The molecule has 0 spiro atoms. The number of aliphatic hydroxyl groups is 1. The fourth-order valence-corrected chi connectivity index (χ4v) is 3.46. The maximum Gasteiger partial charge on any atom is 0.239 e. The van der Waals surface area contributed by atoms with E-state index in [2.05, 4.69) is 5.32 Å². The summed E-state index contributed by atoms with van der Waals surface area (Å²) in [5, 5.41) is 11.6. The first-order chi connectivity index (χ1) is 15.9. The Balaban J connectivity index is 0.00000408. The molecule has 1 heterocycles. The number of amides is 1. The molecule has 1 aromatic heterocycles. The van der Waals surface area contributed by atoms with Gasteiger partial charge in [-0.3, -0.25) is 9.59 Å². The van der Waals surface area contributed by atoms with Crippen molar-refractivity contribution in [3.8, 4) is 22.6 Å². The number of aliphatic hydroxyl groups excluding tert-OH is 1. The zero-order valence-corrected chi connectivity index (χ0v) is 19.9. The Labute approximate surface area is 202 Å². The van der Waals surface area contributed by atoms with E-state index in [-0.39, 0.29) is 30.9 Å². The number of hydrogen-bond donors (Lipinski definition) is 3. The van der Waals surface area contributed by atoms with Crippen LogP contribution in [0, 0.1) is 5.82 Å². The zero-order valence-electron chi connectivity index (χ0n) is 19.0. The molecule has 0 aliphatic rings. The Kier molecular flexibility index (Phi) is 9.85. The predicted octanol–water partition coefficient (Wildman–Crippen LogP) is 2.46. The normalized spacial score (nSPS) is 11.6. The number of ether oxygens (including phenoxy) is 2. The number of benzene rings is 2. The third kappa shape index (κ3) is 5.85. The largest absolute Gasteiger partial charge is 0.497 e. The molecule has 8 nitrogen and oxygen atoms in total. The lowest BCUT2D eigenvalue weighted by Gasteiger charge is -2.18. The number of halogens is 2. The zero-order chi connectivity index (χ0) is 24.0. The molecule has 0 aliphatic carbocycles. The topological polar surface area (TPSA) is 116 Å². The van der Waals surface area contributed by atoms with Crippen molar-refractivity contribution in [3.63, 3.8) is 0 Å². The highest BCUT2D eigenvalue weighted by molar-refractivity contribution is 5.89. The van der Waals surface area contributed by atoms with Gasteiger partial charge in [0.25, 0.3) is 0 Å². The minimum absolute atomic E-state index is 0. The van der Waals surface area contributed by atoms with E-state index in [1.165, 1.54) is 12.1 Å². The maximum atomic E-state index is 14.9. The number of nitrogens with two attached hydrogens (primary N) is 1. The lowest BCUT2D eigenvalue weighted by Crippen LogP contribution is -2.43. The summed E-state index contributed by atoms with van der Waals surface area (Å²) in [4.78, 5) is 25.3. The number of pyridine rings is 1. The van der Waals surface area contributed by atoms with Gasteiger partial charge in [0.1, 0.15) is 23.4 Å². The van der Waals surface area contributed by atoms with Gasteiger partial charge < -0.3 is 30.2 Å². The molecule has 2 aromatic carbocycles. The summed E-state index contributed by atoms with van der Waals surface area (Å²) < 4.78 is 27.6. The Morgan fingerprint density at radius 1 is 1.24 bits per heavy atom. The fourth-order valence-electron chi connectivity index (χ4n) is 3.46. The van der Waals surface area contributed by atoms with Crippen LogP contribution in [0.3, 0.4) is 0 Å². The van der Waals surface area contributed by atoms with Crippen LogP contribution in [0.25, 0.3) is 22.0 Å². The molecule has 0 aliphatic heterocycles. The van der Waals surface area contributed by atoms with Crippen LogP contribution >= 0.6 is 12.4 Å². The summed E-state index contributed by atoms with van der Waals surface area (Å²) in [6.45, 7) is 2.23. The number of carbonyl (C=O) groups excluding carboxylic acids is 1. The van der Waals surface area contributed by atoms with E-state index in [4.69, 9.17) is 20.3 Å². The number of hydrogen-bond acceptors (Lipinski definition) is 6. The van der Waals surface area contributed by atoms with Crippen molar-refractivity contribution >= 4 is 29.2 Å². The first-order valence-corrected chi connectivity index (χ1v) is 10.7. The SMILES string of the molecule is CCCOc1ccc(F)c2c(=O)c(-c3ccc(OC)cc3)cn(CCNC(=O)C(N)CO)c12.Cl. The van der Waals surface area contributed by atoms with E-state index in [1.54, 1.807) is 42.1 Å². The second kappa shape index (κ2) is 12.4. The first kappa shape index (κ1) is 27.1. The third-order valence-electron chi connectivity index (χ3n) is 5.18. The summed E-state index contributed by atoms with van der Waals surface area (Å²) in [5.74, 6) is -0.157. The molecule has 1 amide bonds. The average Bonchev–Trinajstić information content (AvgIpc) is 2.84. The molecule has 0 fully saturated rings. The molecule has 3 aromatic rings. The van der Waals surface area contributed by atoms with E-state index in [0.29, 0.717) is 34.7 Å². The highest BCUT2D eigenvalue weighted by atomic mass is 35.5. The molecule has 3 rings (SSSR count). The van der Waals surface area contributed by atoms with Crippen molar-refractivity contribution in [2.45, 2.75) is 25.9 Å². The van der Waals surface area contributed by atoms with Gasteiger partial charge in [-0.25, -0.2) is 4.39 Å². The van der Waals surface area contributed by atoms with E-state index in [9.17, 15) is 14.0 Å². The number of nitrogens with one attached hydrogen (secondary N) is 1. The van der Waals surface area contributed by atoms with Crippen LogP contribution in [0.1, 0.15) is 13.3 Å². The Morgan fingerprint density at radius 2 is 1.94 bits per heavy atom. The molecule has 0 saturated heterocycles. The molecule has 34 heavy (non-hydrogen) atoms. The van der Waals surface area contributed by atoms with Gasteiger partial charge in [-0.15, -0.1) is 12.4 Å². The van der Waals surface area contributed by atoms with Gasteiger partial charge in [0.2, 0.25) is 5.91 Å². The highest BCUT2D eigenvalue weighted by Gasteiger charge is 2.19. The Morgan fingerprint density at radius 3 is 2.56 bits per heavy atom. The minimum Gasteiger partial charge on any atom is -0.497 e. The molecule has 0 radical (unpaired) electrons. The van der Waals surface area contributed by atoms with Crippen LogP contribution < -0.4 is 26.0 Å². The molecule has 1 unspecified atom stereocenters. The summed E-state index contributed by atoms with van der Waals surface area (Å²) in [7, 11) is 1.54. The van der Waals surface area contributed by atoms with Gasteiger partial charge in [0.15, 0.2) is 5.43 Å². The van der Waals surface area contributed by atoms with Crippen molar-refractivity contribution in [2.24, 2.45) is 5.73 Å². The first-order valence-electron chi connectivity index (χ1n) is 10.7. The lowest BCUT2D eigenvalue weighted by molar-refractivity contribution is -0.123. The molecule has 1 atom stereocenters. The summed E-state index contributed by atoms with van der Waals surface area (Å²) in [5.41, 5.74) is 6.29. The van der Waals surface area contributed by atoms with Crippen molar-refractivity contribution < 1.29 is 23.8 Å². The summed E-state index contributed by atoms with van der Waals surface area (Å²) >= 11 is 0. The van der Waals surface area contributed by atoms with E-state index in [0.717, 1.165) is 6.42 Å². The van der Waals surface area contributed by atoms with Crippen LogP contribution in [-0.4, -0.2) is 48.5 Å². The molecule has 10 heteroatoms. The molecule has 0 bridgehead atoms. The van der Waals surface area contributed by atoms with Gasteiger partial charge >= 0.3 is 0 Å². The number of methoxy groups -OCH3 is 1. The molecular formula is C24H29ClFN3O5. The number of rotatable bonds is 10. The van der Waals surface area contributed by atoms with Gasteiger partial charge in [-0.1, -0.05) is 19.1 Å². The van der Waals surface area contributed by atoms with Gasteiger partial charge in [-0.05, 0) is 36.2 Å². The maximum absolute atomic E-state index is 14.9. The summed E-state index contributed by atoms with van der Waals surface area (Å²) in [6.07, 6.45) is 2.37. The van der Waals surface area contributed by atoms with Crippen molar-refractivity contribution in [1.29, 1.82) is 0 Å². The number of aromatic nitrogens is 1. The smallest absolute Gasteiger partial charge is 0.239 e. The van der Waals surface area contributed by atoms with Crippen molar-refractivity contribution in [3.05, 3.63) is 58.6 Å². The van der Waals surface area contributed by atoms with Crippen LogP contribution in [0.2, 0.25) is 0 Å². The lowest BCUT2D eigenvalue weighted by atomic mass is 10.0. The molecule has 184 valence electrons. The number of fused-ring (bicyclic) bond motifs is 1.